The van der Waals surface area contributed by atoms with Crippen LogP contribution >= 0.6 is 23.2 Å². The zero-order chi connectivity index (χ0) is 16.8. The molecule has 0 bridgehead atoms. The Morgan fingerprint density at radius 1 is 1.09 bits per heavy atom. The molecule has 116 valence electrons. The summed E-state index contributed by atoms with van der Waals surface area (Å²) in [5, 5.41) is 24.3. The van der Waals surface area contributed by atoms with E-state index in [-0.39, 0.29) is 11.3 Å². The molecule has 0 saturated heterocycles. The van der Waals surface area contributed by atoms with Gasteiger partial charge in [0.15, 0.2) is 0 Å². The van der Waals surface area contributed by atoms with Gasteiger partial charge in [0, 0.05) is 17.6 Å². The average molecular weight is 348 g/mol. The quantitative estimate of drug-likeness (QED) is 0.440. The van der Waals surface area contributed by atoms with Crippen LogP contribution in [0.2, 0.25) is 10.0 Å². The number of halogens is 2. The smallest absolute Gasteiger partial charge is 0.267 e. The molecule has 0 saturated carbocycles. The van der Waals surface area contributed by atoms with E-state index in [1.807, 2.05) is 6.07 Å². The molecular formula is C16H11Cl2N3O2. The molecule has 0 atom stereocenters. The monoisotopic (exact) mass is 347 g/mol. The highest BCUT2D eigenvalue weighted by atomic mass is 35.5. The molecule has 0 heterocycles. The maximum absolute atomic E-state index is 12.1. The van der Waals surface area contributed by atoms with Crippen molar-refractivity contribution in [3.8, 4) is 11.8 Å². The van der Waals surface area contributed by atoms with Crippen LogP contribution in [0.3, 0.4) is 0 Å². The van der Waals surface area contributed by atoms with Crippen molar-refractivity contribution in [3.05, 3.63) is 64.3 Å². The molecule has 0 aromatic heterocycles. The molecule has 2 rings (SSSR count). The number of nitrogens with zero attached hydrogens (tertiary/aromatic N) is 1. The number of anilines is 2. The molecule has 0 radical (unpaired) electrons. The number of rotatable bonds is 4. The summed E-state index contributed by atoms with van der Waals surface area (Å²) < 4.78 is 0. The van der Waals surface area contributed by atoms with Gasteiger partial charge in [-0.25, -0.2) is 0 Å². The number of hydrogen-bond donors (Lipinski definition) is 3. The fourth-order valence-corrected chi connectivity index (χ4v) is 1.93. The van der Waals surface area contributed by atoms with Crippen LogP contribution in [0.4, 0.5) is 11.4 Å². The largest absolute Gasteiger partial charge is 0.508 e. The summed E-state index contributed by atoms with van der Waals surface area (Å²) in [5.41, 5.74) is 0.928. The molecule has 7 heteroatoms. The summed E-state index contributed by atoms with van der Waals surface area (Å²) in [6, 6.07) is 12.6. The van der Waals surface area contributed by atoms with Crippen molar-refractivity contribution in [1.29, 1.82) is 5.26 Å². The first kappa shape index (κ1) is 16.7. The Morgan fingerprint density at radius 2 is 1.74 bits per heavy atom. The number of nitriles is 1. The van der Waals surface area contributed by atoms with E-state index < -0.39 is 5.91 Å². The maximum Gasteiger partial charge on any atom is 0.267 e. The van der Waals surface area contributed by atoms with Crippen molar-refractivity contribution in [2.24, 2.45) is 0 Å². The lowest BCUT2D eigenvalue weighted by atomic mass is 10.2. The Bertz CT molecular complexity index is 796. The number of carbonyl (C=O) groups is 1. The molecule has 2 aromatic carbocycles. The minimum Gasteiger partial charge on any atom is -0.508 e. The minimum atomic E-state index is -0.586. The predicted octanol–water partition coefficient (Wildman–Crippen LogP) is 4.16. The first-order chi connectivity index (χ1) is 11.0. The number of amides is 1. The molecule has 1 amide bonds. The van der Waals surface area contributed by atoms with Crippen LogP contribution < -0.4 is 10.6 Å². The number of nitrogens with one attached hydrogen (secondary N) is 2. The van der Waals surface area contributed by atoms with Gasteiger partial charge in [-0.3, -0.25) is 4.79 Å². The molecule has 0 unspecified atom stereocenters. The molecular weight excluding hydrogens is 337 g/mol. The van der Waals surface area contributed by atoms with Gasteiger partial charge in [0.2, 0.25) is 0 Å². The van der Waals surface area contributed by atoms with Crippen LogP contribution in [0, 0.1) is 11.3 Å². The fourth-order valence-electron chi connectivity index (χ4n) is 1.63. The van der Waals surface area contributed by atoms with Crippen molar-refractivity contribution in [2.75, 3.05) is 10.6 Å². The number of phenols is 1. The van der Waals surface area contributed by atoms with E-state index in [0.717, 1.165) is 0 Å². The average Bonchev–Trinajstić information content (AvgIpc) is 2.53. The summed E-state index contributed by atoms with van der Waals surface area (Å²) in [6.07, 6.45) is 1.28. The van der Waals surface area contributed by atoms with Gasteiger partial charge in [0.05, 0.1) is 10.0 Å². The molecule has 2 aromatic rings. The number of aromatic hydroxyl groups is 1. The Morgan fingerprint density at radius 3 is 2.35 bits per heavy atom. The van der Waals surface area contributed by atoms with Gasteiger partial charge in [-0.1, -0.05) is 23.2 Å². The van der Waals surface area contributed by atoms with E-state index >= 15 is 0 Å². The Labute approximate surface area is 142 Å². The maximum atomic E-state index is 12.1. The first-order valence-corrected chi connectivity index (χ1v) is 7.17. The molecule has 23 heavy (non-hydrogen) atoms. The summed E-state index contributed by atoms with van der Waals surface area (Å²) >= 11 is 11.7. The zero-order valence-electron chi connectivity index (χ0n) is 11.7. The molecule has 0 fully saturated rings. The lowest BCUT2D eigenvalue weighted by Gasteiger charge is -2.06. The van der Waals surface area contributed by atoms with Gasteiger partial charge < -0.3 is 15.7 Å². The van der Waals surface area contributed by atoms with Gasteiger partial charge in [0.1, 0.15) is 17.4 Å². The van der Waals surface area contributed by atoms with Crippen molar-refractivity contribution in [2.45, 2.75) is 0 Å². The van der Waals surface area contributed by atoms with Crippen molar-refractivity contribution < 1.29 is 9.90 Å². The van der Waals surface area contributed by atoms with Crippen molar-refractivity contribution in [1.82, 2.24) is 0 Å². The lowest BCUT2D eigenvalue weighted by molar-refractivity contribution is -0.112. The molecule has 5 nitrogen and oxygen atoms in total. The molecule has 3 N–H and O–H groups in total. The van der Waals surface area contributed by atoms with Gasteiger partial charge in [-0.15, -0.1) is 0 Å². The van der Waals surface area contributed by atoms with Crippen molar-refractivity contribution >= 4 is 40.5 Å². The van der Waals surface area contributed by atoms with E-state index in [9.17, 15) is 9.90 Å². The SMILES string of the molecule is N#C/C(=C/Nc1ccc(O)cc1)C(=O)Nc1ccc(Cl)c(Cl)c1. The van der Waals surface area contributed by atoms with Gasteiger partial charge in [-0.2, -0.15) is 5.26 Å². The summed E-state index contributed by atoms with van der Waals surface area (Å²) in [5.74, 6) is -0.463. The van der Waals surface area contributed by atoms with Crippen LogP contribution in [0.25, 0.3) is 0 Å². The van der Waals surface area contributed by atoms with E-state index in [4.69, 9.17) is 28.5 Å². The Kier molecular flexibility index (Phi) is 5.47. The minimum absolute atomic E-state index is 0.121. The van der Waals surface area contributed by atoms with E-state index in [0.29, 0.717) is 21.4 Å². The highest BCUT2D eigenvalue weighted by molar-refractivity contribution is 6.42. The predicted molar refractivity (Wildman–Crippen MR) is 90.5 cm³/mol. The normalized spacial score (nSPS) is 10.7. The molecule has 0 aliphatic carbocycles. The van der Waals surface area contributed by atoms with Gasteiger partial charge in [0.25, 0.3) is 5.91 Å². The van der Waals surface area contributed by atoms with E-state index in [1.54, 1.807) is 24.3 Å². The van der Waals surface area contributed by atoms with Crippen LogP contribution in [-0.4, -0.2) is 11.0 Å². The number of hydrogen-bond acceptors (Lipinski definition) is 4. The molecule has 0 spiro atoms. The van der Waals surface area contributed by atoms with Crippen LogP contribution in [0.1, 0.15) is 0 Å². The van der Waals surface area contributed by atoms with Crippen LogP contribution in [-0.2, 0) is 4.79 Å². The third-order valence-corrected chi connectivity index (χ3v) is 3.53. The third kappa shape index (κ3) is 4.65. The first-order valence-electron chi connectivity index (χ1n) is 6.42. The highest BCUT2D eigenvalue weighted by Crippen LogP contribution is 2.25. The third-order valence-electron chi connectivity index (χ3n) is 2.79. The van der Waals surface area contributed by atoms with Crippen LogP contribution in [0.5, 0.6) is 5.75 Å². The molecule has 0 aliphatic heterocycles. The summed E-state index contributed by atoms with van der Waals surface area (Å²) in [6.45, 7) is 0. The van der Waals surface area contributed by atoms with Crippen molar-refractivity contribution in [3.63, 3.8) is 0 Å². The standard InChI is InChI=1S/C16H11Cl2N3O2/c17-14-6-3-12(7-15(14)18)21-16(23)10(8-19)9-20-11-1-4-13(22)5-2-11/h1-7,9,20,22H,(H,21,23)/b10-9-. The zero-order valence-corrected chi connectivity index (χ0v) is 13.2. The number of carbonyl (C=O) groups excluding carboxylic acids is 1. The summed E-state index contributed by atoms with van der Waals surface area (Å²) in [7, 11) is 0. The number of phenolic OH excluding ortho intramolecular Hbond substituents is 1. The molecule has 0 aliphatic rings. The second kappa shape index (κ2) is 7.54. The Hall–Kier alpha value is -2.68. The Balaban J connectivity index is 2.08. The second-order valence-electron chi connectivity index (χ2n) is 4.44. The van der Waals surface area contributed by atoms with Gasteiger partial charge >= 0.3 is 0 Å². The highest BCUT2D eigenvalue weighted by Gasteiger charge is 2.10. The second-order valence-corrected chi connectivity index (χ2v) is 5.26. The lowest BCUT2D eigenvalue weighted by Crippen LogP contribution is -2.14. The van der Waals surface area contributed by atoms with E-state index in [2.05, 4.69) is 10.6 Å². The number of benzene rings is 2. The van der Waals surface area contributed by atoms with Crippen LogP contribution in [0.15, 0.2) is 54.2 Å². The fraction of sp³-hybridized carbons (Fsp3) is 0. The topological polar surface area (TPSA) is 85.2 Å². The van der Waals surface area contributed by atoms with E-state index in [1.165, 1.54) is 24.4 Å². The summed E-state index contributed by atoms with van der Waals surface area (Å²) in [4.78, 5) is 12.1. The van der Waals surface area contributed by atoms with Gasteiger partial charge in [-0.05, 0) is 42.5 Å².